The zero-order valence-corrected chi connectivity index (χ0v) is 13.9. The molecule has 1 aliphatic rings. The minimum Gasteiger partial charge on any atom is -0.296 e. The van der Waals surface area contributed by atoms with Crippen LogP contribution in [0.2, 0.25) is 0 Å². The molecule has 2 heteroatoms. The van der Waals surface area contributed by atoms with Gasteiger partial charge in [-0.15, -0.1) is 0 Å². The highest BCUT2D eigenvalue weighted by atomic mass is 15.0. The molecule has 0 saturated carbocycles. The third-order valence-electron chi connectivity index (χ3n) is 5.45. The molecule has 0 N–H and O–H groups in total. The molecule has 114 valence electrons. The van der Waals surface area contributed by atoms with Crippen molar-refractivity contribution in [1.82, 2.24) is 9.38 Å². The van der Waals surface area contributed by atoms with Crippen LogP contribution in [0.4, 0.5) is 0 Å². The van der Waals surface area contributed by atoms with Crippen molar-refractivity contribution in [3.05, 3.63) is 58.9 Å². The first kappa shape index (κ1) is 13.1. The number of aryl methyl sites for hydroxylation is 3. The Morgan fingerprint density at radius 1 is 1.09 bits per heavy atom. The third kappa shape index (κ3) is 1.56. The Bertz CT molecular complexity index is 1100. The number of pyridine rings is 1. The fourth-order valence-electron chi connectivity index (χ4n) is 4.38. The van der Waals surface area contributed by atoms with Crippen molar-refractivity contribution in [2.24, 2.45) is 0 Å². The van der Waals surface area contributed by atoms with Gasteiger partial charge in [0.05, 0.1) is 5.52 Å². The summed E-state index contributed by atoms with van der Waals surface area (Å²) in [6.45, 7) is 6.89. The lowest BCUT2D eigenvalue weighted by atomic mass is 9.87. The summed E-state index contributed by atoms with van der Waals surface area (Å²) in [4.78, 5) is 4.75. The van der Waals surface area contributed by atoms with E-state index in [0.29, 0.717) is 5.92 Å². The molecule has 2 aromatic heterocycles. The summed E-state index contributed by atoms with van der Waals surface area (Å²) in [7, 11) is 0. The van der Waals surface area contributed by atoms with Gasteiger partial charge in [0.15, 0.2) is 0 Å². The molecule has 0 amide bonds. The number of benzene rings is 2. The minimum absolute atomic E-state index is 0.550. The highest BCUT2D eigenvalue weighted by Gasteiger charge is 2.22. The summed E-state index contributed by atoms with van der Waals surface area (Å²) in [6, 6.07) is 11.2. The fourth-order valence-corrected chi connectivity index (χ4v) is 4.38. The molecule has 23 heavy (non-hydrogen) atoms. The quantitative estimate of drug-likeness (QED) is 0.443. The van der Waals surface area contributed by atoms with Gasteiger partial charge in [-0.05, 0) is 47.8 Å². The van der Waals surface area contributed by atoms with E-state index in [0.717, 1.165) is 18.5 Å². The Balaban J connectivity index is 2.18. The number of nitrogens with zero attached hydrogens (tertiary/aromatic N) is 2. The van der Waals surface area contributed by atoms with Gasteiger partial charge in [-0.3, -0.25) is 4.40 Å². The van der Waals surface area contributed by atoms with E-state index in [2.05, 4.69) is 61.7 Å². The van der Waals surface area contributed by atoms with Gasteiger partial charge in [-0.2, -0.15) is 0 Å². The number of aromatic nitrogens is 2. The van der Waals surface area contributed by atoms with Crippen molar-refractivity contribution < 1.29 is 0 Å². The number of hydrogen-bond donors (Lipinski definition) is 0. The minimum atomic E-state index is 0.550. The van der Waals surface area contributed by atoms with E-state index in [1.807, 2.05) is 0 Å². The van der Waals surface area contributed by atoms with Gasteiger partial charge < -0.3 is 0 Å². The first-order valence-corrected chi connectivity index (χ1v) is 8.50. The third-order valence-corrected chi connectivity index (χ3v) is 5.45. The lowest BCUT2D eigenvalue weighted by Crippen LogP contribution is -2.10. The zero-order valence-electron chi connectivity index (χ0n) is 13.9. The van der Waals surface area contributed by atoms with E-state index in [4.69, 9.17) is 4.98 Å². The Morgan fingerprint density at radius 2 is 1.87 bits per heavy atom. The molecule has 0 aliphatic carbocycles. The molecule has 2 nitrogen and oxygen atoms in total. The molecule has 2 aromatic carbocycles. The highest BCUT2D eigenvalue weighted by Crippen LogP contribution is 2.39. The van der Waals surface area contributed by atoms with Crippen LogP contribution in [0, 0.1) is 6.92 Å². The maximum Gasteiger partial charge on any atom is 0.145 e. The molecule has 1 aliphatic heterocycles. The topological polar surface area (TPSA) is 17.3 Å². The van der Waals surface area contributed by atoms with Crippen molar-refractivity contribution in [2.75, 3.05) is 0 Å². The Morgan fingerprint density at radius 3 is 2.65 bits per heavy atom. The Labute approximate surface area is 135 Å². The van der Waals surface area contributed by atoms with E-state index in [9.17, 15) is 0 Å². The molecule has 0 spiro atoms. The number of imidazole rings is 1. The van der Waals surface area contributed by atoms with Crippen LogP contribution < -0.4 is 0 Å². The Kier molecular flexibility index (Phi) is 2.48. The summed E-state index contributed by atoms with van der Waals surface area (Å²) in [6.07, 6.45) is 4.27. The van der Waals surface area contributed by atoms with Gasteiger partial charge in [-0.1, -0.05) is 44.2 Å². The van der Waals surface area contributed by atoms with Crippen LogP contribution in [0.25, 0.3) is 27.3 Å². The molecule has 3 heterocycles. The van der Waals surface area contributed by atoms with Crippen LogP contribution in [-0.4, -0.2) is 9.38 Å². The lowest BCUT2D eigenvalue weighted by Gasteiger charge is -2.23. The van der Waals surface area contributed by atoms with E-state index >= 15 is 0 Å². The van der Waals surface area contributed by atoms with Crippen molar-refractivity contribution in [2.45, 2.75) is 39.5 Å². The predicted molar refractivity (Wildman–Crippen MR) is 96.4 cm³/mol. The molecule has 0 fully saturated rings. The van der Waals surface area contributed by atoms with Gasteiger partial charge in [-0.25, -0.2) is 4.98 Å². The summed E-state index contributed by atoms with van der Waals surface area (Å²) < 4.78 is 2.41. The maximum absolute atomic E-state index is 4.75. The van der Waals surface area contributed by atoms with Crippen molar-refractivity contribution in [3.8, 4) is 0 Å². The molecule has 0 atom stereocenters. The van der Waals surface area contributed by atoms with Crippen molar-refractivity contribution in [3.63, 3.8) is 0 Å². The summed E-state index contributed by atoms with van der Waals surface area (Å²) in [5, 5.41) is 4.03. The van der Waals surface area contributed by atoms with E-state index in [1.165, 1.54) is 44.1 Å². The smallest absolute Gasteiger partial charge is 0.145 e. The summed E-state index contributed by atoms with van der Waals surface area (Å²) in [5.74, 6) is 0.550. The van der Waals surface area contributed by atoms with Gasteiger partial charge in [0.1, 0.15) is 5.65 Å². The van der Waals surface area contributed by atoms with Crippen LogP contribution in [0.3, 0.4) is 0 Å². The van der Waals surface area contributed by atoms with Gasteiger partial charge >= 0.3 is 0 Å². The largest absolute Gasteiger partial charge is 0.296 e. The normalized spacial score (nSPS) is 13.9. The number of hydrogen-bond acceptors (Lipinski definition) is 1. The number of rotatable bonds is 1. The fraction of sp³-hybridized carbons (Fsp3) is 0.286. The standard InChI is InChI=1S/C21H20N2/c1-12(2)18-10-14-8-9-15-11-22-21-17-7-5-4-6-16(17)19(13(18)3)20(14)23(15)21/h4-7,10-12H,8-9H2,1-3H3. The second-order valence-electron chi connectivity index (χ2n) is 7.08. The molecule has 0 radical (unpaired) electrons. The monoisotopic (exact) mass is 300 g/mol. The van der Waals surface area contributed by atoms with Crippen LogP contribution in [0.15, 0.2) is 36.5 Å². The average Bonchev–Trinajstić information content (AvgIpc) is 2.99. The summed E-state index contributed by atoms with van der Waals surface area (Å²) in [5.41, 5.74) is 8.24. The molecule has 0 saturated heterocycles. The zero-order chi connectivity index (χ0) is 15.7. The number of fused-ring (bicyclic) bond motifs is 3. The maximum atomic E-state index is 4.75. The molecule has 5 rings (SSSR count). The van der Waals surface area contributed by atoms with Gasteiger partial charge in [0.25, 0.3) is 0 Å². The lowest BCUT2D eigenvalue weighted by molar-refractivity contribution is 0.837. The van der Waals surface area contributed by atoms with Crippen molar-refractivity contribution >= 4 is 27.3 Å². The van der Waals surface area contributed by atoms with Gasteiger partial charge in [0, 0.05) is 22.7 Å². The van der Waals surface area contributed by atoms with Gasteiger partial charge in [0.2, 0.25) is 0 Å². The molecular weight excluding hydrogens is 280 g/mol. The first-order valence-electron chi connectivity index (χ1n) is 8.50. The van der Waals surface area contributed by atoms with Crippen LogP contribution in [0.1, 0.15) is 42.1 Å². The second kappa shape index (κ2) is 4.35. The first-order chi connectivity index (χ1) is 11.2. The van der Waals surface area contributed by atoms with Crippen LogP contribution in [-0.2, 0) is 12.8 Å². The van der Waals surface area contributed by atoms with E-state index in [1.54, 1.807) is 0 Å². The molecular formula is C21H20N2. The van der Waals surface area contributed by atoms with E-state index < -0.39 is 0 Å². The molecule has 0 bridgehead atoms. The van der Waals surface area contributed by atoms with Crippen LogP contribution >= 0.6 is 0 Å². The van der Waals surface area contributed by atoms with Crippen LogP contribution in [0.5, 0.6) is 0 Å². The molecule has 0 unspecified atom stereocenters. The Hall–Kier alpha value is -2.35. The average molecular weight is 300 g/mol. The van der Waals surface area contributed by atoms with Crippen molar-refractivity contribution in [1.29, 1.82) is 0 Å². The predicted octanol–water partition coefficient (Wildman–Crippen LogP) is 5.17. The second-order valence-corrected chi connectivity index (χ2v) is 7.08. The van der Waals surface area contributed by atoms with E-state index in [-0.39, 0.29) is 0 Å². The summed E-state index contributed by atoms with van der Waals surface area (Å²) >= 11 is 0. The highest BCUT2D eigenvalue weighted by molar-refractivity contribution is 6.14. The SMILES string of the molecule is Cc1c(C(C)C)cc2c3c1c1ccccc1c1ncc(n13)CC2. The molecule has 4 aromatic rings.